The molecule has 1 aromatic carbocycles. The maximum atomic E-state index is 13.6. The zero-order valence-electron chi connectivity index (χ0n) is 12.0. The Balaban J connectivity index is 2.06. The van der Waals surface area contributed by atoms with Gasteiger partial charge in [0.2, 0.25) is 0 Å². The molecule has 1 aliphatic heterocycles. The van der Waals surface area contributed by atoms with Gasteiger partial charge in [-0.25, -0.2) is 13.6 Å². The van der Waals surface area contributed by atoms with Crippen LogP contribution in [0.4, 0.5) is 19.3 Å². The van der Waals surface area contributed by atoms with Gasteiger partial charge in [0, 0.05) is 18.7 Å². The van der Waals surface area contributed by atoms with E-state index in [4.69, 9.17) is 0 Å². The van der Waals surface area contributed by atoms with Crippen molar-refractivity contribution in [3.8, 4) is 0 Å². The molecule has 2 atom stereocenters. The third-order valence-electron chi connectivity index (χ3n) is 3.67. The fraction of sp³-hybridized carbons (Fsp3) is 0.533. The van der Waals surface area contributed by atoms with Gasteiger partial charge < -0.3 is 15.3 Å². The van der Waals surface area contributed by atoms with Crippen molar-refractivity contribution in [2.24, 2.45) is 0 Å². The second-order valence-corrected chi connectivity index (χ2v) is 5.48. The van der Waals surface area contributed by atoms with E-state index in [1.165, 1.54) is 6.07 Å². The summed E-state index contributed by atoms with van der Waals surface area (Å²) in [7, 11) is 0. The average molecular weight is 298 g/mol. The number of carbonyl (C=O) groups excluding carboxylic acids is 1. The van der Waals surface area contributed by atoms with Gasteiger partial charge in [-0.1, -0.05) is 0 Å². The van der Waals surface area contributed by atoms with Crippen molar-refractivity contribution in [1.82, 2.24) is 4.90 Å². The quantitative estimate of drug-likeness (QED) is 0.901. The molecule has 1 saturated heterocycles. The van der Waals surface area contributed by atoms with E-state index in [9.17, 15) is 18.7 Å². The lowest BCUT2D eigenvalue weighted by Gasteiger charge is -2.36. The lowest BCUT2D eigenvalue weighted by Crippen LogP contribution is -2.47. The van der Waals surface area contributed by atoms with E-state index in [0.717, 1.165) is 31.4 Å². The monoisotopic (exact) mass is 298 g/mol. The number of piperidine rings is 1. The summed E-state index contributed by atoms with van der Waals surface area (Å²) in [6.07, 6.45) is 2.72. The summed E-state index contributed by atoms with van der Waals surface area (Å²) in [6.45, 7) is 2.26. The first-order valence-corrected chi connectivity index (χ1v) is 7.18. The molecule has 2 rings (SSSR count). The molecule has 2 unspecified atom stereocenters. The minimum absolute atomic E-state index is 0.0391. The van der Waals surface area contributed by atoms with Crippen LogP contribution in [-0.4, -0.2) is 34.7 Å². The second kappa shape index (κ2) is 6.85. The van der Waals surface area contributed by atoms with Gasteiger partial charge in [0.15, 0.2) is 0 Å². The van der Waals surface area contributed by atoms with Gasteiger partial charge in [0.05, 0.1) is 11.8 Å². The fourth-order valence-electron chi connectivity index (χ4n) is 2.68. The van der Waals surface area contributed by atoms with Crippen LogP contribution in [0, 0.1) is 11.6 Å². The Kier molecular flexibility index (Phi) is 5.12. The van der Waals surface area contributed by atoms with Gasteiger partial charge in [0.25, 0.3) is 0 Å². The summed E-state index contributed by atoms with van der Waals surface area (Å²) in [6, 6.07) is 2.57. The van der Waals surface area contributed by atoms with Crippen LogP contribution < -0.4 is 5.32 Å². The fourth-order valence-corrected chi connectivity index (χ4v) is 2.68. The van der Waals surface area contributed by atoms with E-state index in [0.29, 0.717) is 13.0 Å². The summed E-state index contributed by atoms with van der Waals surface area (Å²) in [5, 5.41) is 12.0. The highest BCUT2D eigenvalue weighted by Gasteiger charge is 2.28. The third kappa shape index (κ3) is 4.14. The first kappa shape index (κ1) is 15.7. The van der Waals surface area contributed by atoms with Crippen molar-refractivity contribution >= 4 is 11.7 Å². The van der Waals surface area contributed by atoms with Gasteiger partial charge >= 0.3 is 6.03 Å². The molecule has 116 valence electrons. The molecular formula is C15H20F2N2O2. The number of amides is 2. The molecule has 0 spiro atoms. The Morgan fingerprint density at radius 1 is 1.48 bits per heavy atom. The number of likely N-dealkylation sites (tertiary alicyclic amines) is 1. The second-order valence-electron chi connectivity index (χ2n) is 5.48. The highest BCUT2D eigenvalue weighted by molar-refractivity contribution is 5.89. The van der Waals surface area contributed by atoms with Gasteiger partial charge in [0.1, 0.15) is 11.6 Å². The van der Waals surface area contributed by atoms with Crippen molar-refractivity contribution in [1.29, 1.82) is 0 Å². The minimum Gasteiger partial charge on any atom is -0.393 e. The number of urea groups is 1. The van der Waals surface area contributed by atoms with Crippen LogP contribution in [0.2, 0.25) is 0 Å². The van der Waals surface area contributed by atoms with Crippen LogP contribution in [-0.2, 0) is 0 Å². The standard InChI is InChI=1S/C15H20F2N2O2/c1-10(20)8-12-4-2-3-7-19(12)15(21)18-14-6-5-11(16)9-13(14)17/h5-6,9-10,12,20H,2-4,7-8H2,1H3,(H,18,21). The molecule has 1 aromatic rings. The predicted molar refractivity (Wildman–Crippen MR) is 76.0 cm³/mol. The topological polar surface area (TPSA) is 52.6 Å². The summed E-state index contributed by atoms with van der Waals surface area (Å²) in [4.78, 5) is 13.9. The van der Waals surface area contributed by atoms with Crippen molar-refractivity contribution in [3.63, 3.8) is 0 Å². The van der Waals surface area contributed by atoms with Gasteiger partial charge in [-0.3, -0.25) is 0 Å². The summed E-state index contributed by atoms with van der Waals surface area (Å²) in [5.41, 5.74) is -0.0391. The van der Waals surface area contributed by atoms with Crippen LogP contribution >= 0.6 is 0 Å². The zero-order chi connectivity index (χ0) is 15.4. The molecule has 1 aliphatic rings. The Bertz CT molecular complexity index is 508. The minimum atomic E-state index is -0.799. The number of carbonyl (C=O) groups is 1. The van der Waals surface area contributed by atoms with Crippen LogP contribution in [0.25, 0.3) is 0 Å². The molecule has 4 nitrogen and oxygen atoms in total. The van der Waals surface area contributed by atoms with E-state index < -0.39 is 23.8 Å². The number of rotatable bonds is 3. The normalized spacial score (nSPS) is 20.2. The van der Waals surface area contributed by atoms with Gasteiger partial charge in [-0.15, -0.1) is 0 Å². The highest BCUT2D eigenvalue weighted by atomic mass is 19.1. The Morgan fingerprint density at radius 2 is 2.24 bits per heavy atom. The first-order valence-electron chi connectivity index (χ1n) is 7.18. The number of nitrogens with one attached hydrogen (secondary N) is 1. The van der Waals surface area contributed by atoms with E-state index >= 15 is 0 Å². The van der Waals surface area contributed by atoms with E-state index in [2.05, 4.69) is 5.32 Å². The van der Waals surface area contributed by atoms with Gasteiger partial charge in [-0.05, 0) is 44.7 Å². The molecule has 21 heavy (non-hydrogen) atoms. The number of benzene rings is 1. The number of aliphatic hydroxyl groups is 1. The van der Waals surface area contributed by atoms with Crippen molar-refractivity contribution < 1.29 is 18.7 Å². The molecule has 0 aromatic heterocycles. The summed E-state index contributed by atoms with van der Waals surface area (Å²) in [5.74, 6) is -1.48. The molecule has 0 aliphatic carbocycles. The predicted octanol–water partition coefficient (Wildman–Crippen LogP) is 3.12. The number of nitrogens with zero attached hydrogens (tertiary/aromatic N) is 1. The van der Waals surface area contributed by atoms with Crippen molar-refractivity contribution in [3.05, 3.63) is 29.8 Å². The molecule has 0 saturated carbocycles. The molecular weight excluding hydrogens is 278 g/mol. The van der Waals surface area contributed by atoms with Crippen LogP contribution in [0.15, 0.2) is 18.2 Å². The molecule has 1 heterocycles. The van der Waals surface area contributed by atoms with E-state index in [-0.39, 0.29) is 11.7 Å². The number of hydrogen-bond donors (Lipinski definition) is 2. The summed E-state index contributed by atoms with van der Waals surface area (Å²) >= 11 is 0. The maximum Gasteiger partial charge on any atom is 0.322 e. The van der Waals surface area contributed by atoms with Crippen LogP contribution in [0.5, 0.6) is 0 Å². The third-order valence-corrected chi connectivity index (χ3v) is 3.67. The van der Waals surface area contributed by atoms with Crippen molar-refractivity contribution in [2.75, 3.05) is 11.9 Å². The zero-order valence-corrected chi connectivity index (χ0v) is 12.0. The summed E-state index contributed by atoms with van der Waals surface area (Å²) < 4.78 is 26.4. The smallest absolute Gasteiger partial charge is 0.322 e. The lowest BCUT2D eigenvalue weighted by molar-refractivity contribution is 0.108. The Hall–Kier alpha value is -1.69. The highest BCUT2D eigenvalue weighted by Crippen LogP contribution is 2.23. The molecule has 1 fully saturated rings. The Labute approximate surface area is 122 Å². The SMILES string of the molecule is CC(O)CC1CCCCN1C(=O)Nc1ccc(F)cc1F. The molecule has 0 bridgehead atoms. The first-order chi connectivity index (χ1) is 9.97. The molecule has 2 amide bonds. The van der Waals surface area contributed by atoms with Crippen LogP contribution in [0.3, 0.4) is 0 Å². The van der Waals surface area contributed by atoms with E-state index in [1.807, 2.05) is 0 Å². The largest absolute Gasteiger partial charge is 0.393 e. The average Bonchev–Trinajstić information content (AvgIpc) is 2.42. The van der Waals surface area contributed by atoms with Crippen LogP contribution in [0.1, 0.15) is 32.6 Å². The maximum absolute atomic E-state index is 13.6. The van der Waals surface area contributed by atoms with Gasteiger partial charge in [-0.2, -0.15) is 0 Å². The van der Waals surface area contributed by atoms with E-state index in [1.54, 1.807) is 11.8 Å². The molecule has 2 N–H and O–H groups in total. The number of hydrogen-bond acceptors (Lipinski definition) is 2. The number of anilines is 1. The number of halogens is 2. The molecule has 6 heteroatoms. The lowest BCUT2D eigenvalue weighted by atomic mass is 9.97. The number of aliphatic hydroxyl groups excluding tert-OH is 1. The van der Waals surface area contributed by atoms with Crippen molar-refractivity contribution in [2.45, 2.75) is 44.8 Å². The Morgan fingerprint density at radius 3 is 2.90 bits per heavy atom. The molecule has 0 radical (unpaired) electrons.